The molecule has 132 valence electrons. The molecule has 22 heavy (non-hydrogen) atoms. The van der Waals surface area contributed by atoms with Gasteiger partial charge in [0.2, 0.25) is 0 Å². The van der Waals surface area contributed by atoms with Crippen molar-refractivity contribution in [2.45, 2.75) is 35.0 Å². The summed E-state index contributed by atoms with van der Waals surface area (Å²) < 4.78 is 150. The van der Waals surface area contributed by atoms with Crippen LogP contribution in [-0.4, -0.2) is 41.0 Å². The number of carbonyl (C=O) groups is 1. The van der Waals surface area contributed by atoms with Gasteiger partial charge in [0.15, 0.2) is 0 Å². The van der Waals surface area contributed by atoms with Crippen LogP contribution in [0.25, 0.3) is 0 Å². The van der Waals surface area contributed by atoms with E-state index >= 15 is 0 Å². The Bertz CT molecular complexity index is 453. The second kappa shape index (κ2) is 4.96. The fourth-order valence-electron chi connectivity index (χ4n) is 0.898. The smallest absolute Gasteiger partial charge is 0.393 e. The zero-order valence-corrected chi connectivity index (χ0v) is 9.99. The van der Waals surface area contributed by atoms with E-state index in [0.29, 0.717) is 0 Å². The topological polar surface area (TPSA) is 40.1 Å². The lowest BCUT2D eigenvalue weighted by Gasteiger charge is -2.40. The van der Waals surface area contributed by atoms with Gasteiger partial charge in [-0.05, 0) is 11.6 Å². The van der Waals surface area contributed by atoms with Gasteiger partial charge in [-0.2, -0.15) is 52.7 Å². The molecule has 2 nitrogen and oxygen atoms in total. The molecule has 15 heteroatoms. The van der Waals surface area contributed by atoms with Gasteiger partial charge in [-0.1, -0.05) is 0 Å². The molecule has 0 bridgehead atoms. The second-order valence-corrected chi connectivity index (χ2v) is 4.13. The van der Waals surface area contributed by atoms with Gasteiger partial charge in [-0.3, -0.25) is 0 Å². The number of carbonyl (C=O) groups excluding carboxylic acids is 1. The number of alkyl halides is 13. The van der Waals surface area contributed by atoms with Gasteiger partial charge in [0.1, 0.15) is 5.97 Å². The molecule has 0 N–H and O–H groups in total. The van der Waals surface area contributed by atoms with Gasteiger partial charge in [0, 0.05) is 0 Å². The number of carboxylic acid groups (broad SMARTS) is 1. The fourth-order valence-corrected chi connectivity index (χ4v) is 1.02. The molecule has 0 heterocycles. The minimum Gasteiger partial charge on any atom is -0.544 e. The van der Waals surface area contributed by atoms with Gasteiger partial charge >= 0.3 is 35.0 Å². The zero-order chi connectivity index (χ0) is 18.6. The second-order valence-electron chi connectivity index (χ2n) is 3.66. The van der Waals surface area contributed by atoms with Gasteiger partial charge in [-0.25, -0.2) is 0 Å². The van der Waals surface area contributed by atoms with Crippen molar-refractivity contribution in [3.05, 3.63) is 0 Å². The Labute approximate surface area is 116 Å². The van der Waals surface area contributed by atoms with Crippen LogP contribution in [0, 0.1) is 0 Å². The summed E-state index contributed by atoms with van der Waals surface area (Å²) in [6, 6.07) is 0. The maximum atomic E-state index is 12.7. The molecule has 0 radical (unpaired) electrons. The van der Waals surface area contributed by atoms with E-state index in [9.17, 15) is 62.6 Å². The van der Waals surface area contributed by atoms with Crippen LogP contribution in [0.4, 0.5) is 52.7 Å². The van der Waals surface area contributed by atoms with Crippen LogP contribution >= 0.6 is 11.6 Å². The van der Waals surface area contributed by atoms with Crippen LogP contribution < -0.4 is 5.11 Å². The van der Waals surface area contributed by atoms with E-state index in [-0.39, 0.29) is 0 Å². The quantitative estimate of drug-likeness (QED) is 0.526. The monoisotopic (exact) mass is 379 g/mol. The Hall–Kier alpha value is -1.08. The highest BCUT2D eigenvalue weighted by Crippen LogP contribution is 2.60. The van der Waals surface area contributed by atoms with Crippen LogP contribution in [0.2, 0.25) is 0 Å². The number of hydrogen-bond acceptors (Lipinski definition) is 2. The minimum atomic E-state index is -7.95. The van der Waals surface area contributed by atoms with E-state index in [1.54, 1.807) is 0 Å². The van der Waals surface area contributed by atoms with Crippen molar-refractivity contribution < 1.29 is 62.6 Å². The molecule has 0 aliphatic heterocycles. The highest BCUT2D eigenvalue weighted by atomic mass is 35.5. The van der Waals surface area contributed by atoms with Crippen LogP contribution in [-0.2, 0) is 4.79 Å². The van der Waals surface area contributed by atoms with Crippen molar-refractivity contribution in [1.29, 1.82) is 0 Å². The van der Waals surface area contributed by atoms with Crippen molar-refractivity contribution in [2.24, 2.45) is 0 Å². The molecular formula is C7ClF12O2-. The predicted octanol–water partition coefficient (Wildman–Crippen LogP) is 2.74. The lowest BCUT2D eigenvalue weighted by molar-refractivity contribution is -0.424. The molecule has 0 aromatic heterocycles. The number of rotatable bonds is 6. The number of carboxylic acids is 1. The zero-order valence-electron chi connectivity index (χ0n) is 9.23. The molecule has 0 amide bonds. The first-order valence-electron chi connectivity index (χ1n) is 4.37. The SMILES string of the molecule is O=C([O-])C(F)(F)C(F)(F)C(F)(F)C(F)(F)C(F)(F)C(F)(F)Cl. The molecule has 0 aliphatic carbocycles. The number of hydrogen-bond donors (Lipinski definition) is 0. The summed E-state index contributed by atoms with van der Waals surface area (Å²) in [4.78, 5) is 9.61. The summed E-state index contributed by atoms with van der Waals surface area (Å²) in [6.45, 7) is 0. The highest BCUT2D eigenvalue weighted by molar-refractivity contribution is 6.22. The molecule has 0 saturated carbocycles. The third kappa shape index (κ3) is 2.44. The third-order valence-electron chi connectivity index (χ3n) is 2.19. The van der Waals surface area contributed by atoms with Crippen molar-refractivity contribution in [2.75, 3.05) is 0 Å². The number of halogens is 13. The number of aliphatic carboxylic acids is 1. The van der Waals surface area contributed by atoms with Gasteiger partial charge in [-0.15, -0.1) is 0 Å². The van der Waals surface area contributed by atoms with Crippen molar-refractivity contribution in [3.63, 3.8) is 0 Å². The first kappa shape index (κ1) is 20.9. The molecule has 0 rings (SSSR count). The molecule has 0 aromatic carbocycles. The van der Waals surface area contributed by atoms with E-state index < -0.39 is 41.0 Å². The third-order valence-corrected chi connectivity index (χ3v) is 2.43. The van der Waals surface area contributed by atoms with E-state index in [1.165, 1.54) is 0 Å². The largest absolute Gasteiger partial charge is 0.544 e. The predicted molar refractivity (Wildman–Crippen MR) is 40.5 cm³/mol. The first-order chi connectivity index (χ1) is 9.19. The fraction of sp³-hybridized carbons (Fsp3) is 0.857. The Morgan fingerprint density at radius 2 is 0.909 bits per heavy atom. The standard InChI is InChI=1S/C7HClF12O2/c8-7(19,20)6(17,18)5(15,16)4(13,14)3(11,12)2(9,10)1(21)22/h(H,21,22)/p-1. The Kier molecular flexibility index (Phi) is 4.72. The Morgan fingerprint density at radius 3 is 1.14 bits per heavy atom. The molecule has 0 fully saturated rings. The summed E-state index contributed by atoms with van der Waals surface area (Å²) in [5.41, 5.74) is 0. The average molecular weight is 380 g/mol. The van der Waals surface area contributed by atoms with Crippen molar-refractivity contribution >= 4 is 17.6 Å². The van der Waals surface area contributed by atoms with E-state index in [1.807, 2.05) is 0 Å². The van der Waals surface area contributed by atoms with Crippen LogP contribution in [0.3, 0.4) is 0 Å². The van der Waals surface area contributed by atoms with Crippen LogP contribution in [0.15, 0.2) is 0 Å². The Balaban J connectivity index is 6.29. The summed E-state index contributed by atoms with van der Waals surface area (Å²) in [6.07, 6.45) is 0. The lowest BCUT2D eigenvalue weighted by atomic mass is 9.94. The summed E-state index contributed by atoms with van der Waals surface area (Å²) >= 11 is 3.38. The summed E-state index contributed by atoms with van der Waals surface area (Å²) in [7, 11) is 0. The maximum absolute atomic E-state index is 12.7. The molecule has 0 aromatic rings. The normalized spacial score (nSPS) is 15.9. The highest BCUT2D eigenvalue weighted by Gasteiger charge is 2.90. The molecule has 0 aliphatic rings. The van der Waals surface area contributed by atoms with E-state index in [4.69, 9.17) is 0 Å². The molecule has 0 atom stereocenters. The van der Waals surface area contributed by atoms with Crippen LogP contribution in [0.5, 0.6) is 0 Å². The average Bonchev–Trinajstić information content (AvgIpc) is 2.25. The molecule has 0 spiro atoms. The lowest BCUT2D eigenvalue weighted by Crippen LogP contribution is -2.72. The van der Waals surface area contributed by atoms with Gasteiger partial charge in [0.05, 0.1) is 0 Å². The molecular weight excluding hydrogens is 380 g/mol. The Morgan fingerprint density at radius 1 is 0.636 bits per heavy atom. The summed E-state index contributed by atoms with van der Waals surface area (Å²) in [5, 5.41) is 3.04. The first-order valence-corrected chi connectivity index (χ1v) is 4.74. The minimum absolute atomic E-state index is 3.38. The van der Waals surface area contributed by atoms with E-state index in [2.05, 4.69) is 11.6 Å². The van der Waals surface area contributed by atoms with Gasteiger partial charge in [0.25, 0.3) is 0 Å². The molecule has 0 unspecified atom stereocenters. The molecule has 0 saturated heterocycles. The van der Waals surface area contributed by atoms with Crippen LogP contribution in [0.1, 0.15) is 0 Å². The van der Waals surface area contributed by atoms with Gasteiger partial charge < -0.3 is 9.90 Å². The summed E-state index contributed by atoms with van der Waals surface area (Å²) in [5.74, 6) is -42.4. The van der Waals surface area contributed by atoms with Crippen molar-refractivity contribution in [1.82, 2.24) is 0 Å². The maximum Gasteiger partial charge on any atom is 0.393 e. The van der Waals surface area contributed by atoms with E-state index in [0.717, 1.165) is 0 Å². The van der Waals surface area contributed by atoms with Crippen molar-refractivity contribution in [3.8, 4) is 0 Å².